The minimum atomic E-state index is -0.326. The number of anilines is 1. The first kappa shape index (κ1) is 13.9. The summed E-state index contributed by atoms with van der Waals surface area (Å²) >= 11 is 0. The van der Waals surface area contributed by atoms with Crippen LogP contribution in [0.5, 0.6) is 0 Å². The highest BCUT2D eigenvalue weighted by atomic mass is 16.5. The normalized spacial score (nSPS) is 19.6. The highest BCUT2D eigenvalue weighted by Crippen LogP contribution is 2.31. The van der Waals surface area contributed by atoms with Gasteiger partial charge in [-0.15, -0.1) is 0 Å². The Morgan fingerprint density at radius 2 is 2.10 bits per heavy atom. The van der Waals surface area contributed by atoms with Gasteiger partial charge in [0.15, 0.2) is 0 Å². The van der Waals surface area contributed by atoms with E-state index in [4.69, 9.17) is 4.74 Å². The molecule has 0 spiro atoms. The number of amides is 1. The van der Waals surface area contributed by atoms with Crippen molar-refractivity contribution in [3.8, 4) is 0 Å². The molecule has 0 saturated heterocycles. The predicted molar refractivity (Wildman–Crippen MR) is 78.9 cm³/mol. The van der Waals surface area contributed by atoms with Gasteiger partial charge in [0.1, 0.15) is 12.6 Å². The van der Waals surface area contributed by atoms with E-state index < -0.39 is 0 Å². The van der Waals surface area contributed by atoms with Gasteiger partial charge in [0.05, 0.1) is 6.61 Å². The molecule has 0 bridgehead atoms. The molecule has 1 N–H and O–H groups in total. The van der Waals surface area contributed by atoms with Crippen LogP contribution in [0.2, 0.25) is 0 Å². The lowest BCUT2D eigenvalue weighted by molar-refractivity contribution is -0.149. The fourth-order valence-corrected chi connectivity index (χ4v) is 2.77. The quantitative estimate of drug-likeness (QED) is 0.836. The molecule has 5 heteroatoms. The minimum Gasteiger partial charge on any atom is -0.465 e. The molecule has 0 unspecified atom stereocenters. The van der Waals surface area contributed by atoms with E-state index in [0.29, 0.717) is 13.0 Å². The number of ether oxygens (including phenoxy) is 1. The molecule has 3 rings (SSSR count). The Morgan fingerprint density at radius 3 is 2.76 bits per heavy atom. The molecule has 1 aliphatic heterocycles. The number of hydrogen-bond donors (Lipinski definition) is 1. The van der Waals surface area contributed by atoms with Crippen LogP contribution in [0, 0.1) is 0 Å². The molecule has 5 nitrogen and oxygen atoms in total. The zero-order chi connectivity index (χ0) is 14.8. The van der Waals surface area contributed by atoms with Gasteiger partial charge in [-0.2, -0.15) is 0 Å². The molecule has 2 aliphatic rings. The average Bonchev–Trinajstić information content (AvgIpc) is 3.22. The van der Waals surface area contributed by atoms with E-state index in [0.717, 1.165) is 24.1 Å². The Bertz CT molecular complexity index is 529. The van der Waals surface area contributed by atoms with Crippen LogP contribution in [0.3, 0.4) is 0 Å². The van der Waals surface area contributed by atoms with Crippen molar-refractivity contribution in [2.24, 2.45) is 0 Å². The molecule has 1 aromatic rings. The summed E-state index contributed by atoms with van der Waals surface area (Å²) in [7, 11) is 0. The second-order valence-corrected chi connectivity index (χ2v) is 5.56. The molecule has 21 heavy (non-hydrogen) atoms. The van der Waals surface area contributed by atoms with Crippen LogP contribution in [0.15, 0.2) is 24.3 Å². The third-order valence-electron chi connectivity index (χ3n) is 3.94. The first-order valence-corrected chi connectivity index (χ1v) is 7.49. The number of fused-ring (bicyclic) bond motifs is 1. The third kappa shape index (κ3) is 3.01. The fourth-order valence-electron chi connectivity index (χ4n) is 2.77. The maximum absolute atomic E-state index is 12.7. The average molecular weight is 288 g/mol. The number of carbonyl (C=O) groups is 2. The predicted octanol–water partition coefficient (Wildman–Crippen LogP) is 1.58. The molecule has 112 valence electrons. The van der Waals surface area contributed by atoms with E-state index in [9.17, 15) is 9.59 Å². The van der Waals surface area contributed by atoms with Crippen molar-refractivity contribution in [1.29, 1.82) is 0 Å². The van der Waals surface area contributed by atoms with Gasteiger partial charge >= 0.3 is 5.97 Å². The Labute approximate surface area is 124 Å². The second-order valence-electron chi connectivity index (χ2n) is 5.56. The fraction of sp³-hybridized carbons (Fsp3) is 0.500. The van der Waals surface area contributed by atoms with Gasteiger partial charge in [-0.25, -0.2) is 0 Å². The second kappa shape index (κ2) is 5.76. The highest BCUT2D eigenvalue weighted by Gasteiger charge is 2.38. The molecule has 1 fully saturated rings. The number of para-hydroxylation sites is 1. The zero-order valence-electron chi connectivity index (χ0n) is 12.2. The van der Waals surface area contributed by atoms with Crippen LogP contribution in [-0.2, 0) is 20.7 Å². The van der Waals surface area contributed by atoms with Crippen molar-refractivity contribution in [2.75, 3.05) is 18.5 Å². The smallest absolute Gasteiger partial charge is 0.325 e. The number of nitrogens with zero attached hydrogens (tertiary/aromatic N) is 1. The minimum absolute atomic E-state index is 0.00162. The number of rotatable bonds is 5. The monoisotopic (exact) mass is 288 g/mol. The lowest BCUT2D eigenvalue weighted by Crippen LogP contribution is -2.46. The molecule has 1 amide bonds. The number of hydrogen-bond acceptors (Lipinski definition) is 4. The van der Waals surface area contributed by atoms with Gasteiger partial charge in [-0.1, -0.05) is 18.2 Å². The lowest BCUT2D eigenvalue weighted by Gasteiger charge is -2.24. The Balaban J connectivity index is 1.67. The van der Waals surface area contributed by atoms with Gasteiger partial charge in [0, 0.05) is 18.2 Å². The Kier molecular flexibility index (Phi) is 3.82. The van der Waals surface area contributed by atoms with Crippen LogP contribution >= 0.6 is 0 Å². The van der Waals surface area contributed by atoms with Crippen molar-refractivity contribution in [2.45, 2.75) is 38.3 Å². The SMILES string of the molecule is CCOC(=O)CN(C(=O)[C@@H]1Cc2ccccc2N1)C1CC1. The molecule has 1 aliphatic carbocycles. The third-order valence-corrected chi connectivity index (χ3v) is 3.94. The van der Waals surface area contributed by atoms with E-state index in [-0.39, 0.29) is 30.5 Å². The maximum atomic E-state index is 12.7. The van der Waals surface area contributed by atoms with Crippen molar-refractivity contribution in [3.63, 3.8) is 0 Å². The molecule has 1 atom stereocenters. The van der Waals surface area contributed by atoms with Crippen LogP contribution < -0.4 is 5.32 Å². The highest BCUT2D eigenvalue weighted by molar-refractivity contribution is 5.90. The number of carbonyl (C=O) groups excluding carboxylic acids is 2. The molecule has 1 aromatic carbocycles. The van der Waals surface area contributed by atoms with E-state index in [1.165, 1.54) is 0 Å². The summed E-state index contributed by atoms with van der Waals surface area (Å²) < 4.78 is 4.97. The van der Waals surface area contributed by atoms with Crippen LogP contribution in [0.25, 0.3) is 0 Å². The van der Waals surface area contributed by atoms with Gasteiger partial charge < -0.3 is 15.0 Å². The maximum Gasteiger partial charge on any atom is 0.325 e. The van der Waals surface area contributed by atoms with E-state index in [1.807, 2.05) is 24.3 Å². The number of nitrogens with one attached hydrogen (secondary N) is 1. The topological polar surface area (TPSA) is 58.6 Å². The largest absolute Gasteiger partial charge is 0.465 e. The molecule has 1 saturated carbocycles. The lowest BCUT2D eigenvalue weighted by atomic mass is 10.1. The summed E-state index contributed by atoms with van der Waals surface area (Å²) in [4.78, 5) is 26.1. The van der Waals surface area contributed by atoms with Crippen LogP contribution in [-0.4, -0.2) is 42.0 Å². The summed E-state index contributed by atoms with van der Waals surface area (Å²) in [6.07, 6.45) is 2.64. The zero-order valence-corrected chi connectivity index (χ0v) is 12.2. The summed E-state index contributed by atoms with van der Waals surface area (Å²) in [5, 5.41) is 3.26. The first-order chi connectivity index (χ1) is 10.2. The standard InChI is InChI=1S/C16H20N2O3/c1-2-21-15(19)10-18(12-7-8-12)16(20)14-9-11-5-3-4-6-13(11)17-14/h3-6,12,14,17H,2,7-10H2,1H3/t14-/m0/s1. The molecular weight excluding hydrogens is 268 g/mol. The van der Waals surface area contributed by atoms with Gasteiger partial charge in [-0.05, 0) is 31.4 Å². The summed E-state index contributed by atoms with van der Waals surface area (Å²) in [5.41, 5.74) is 2.17. The Hall–Kier alpha value is -2.04. The van der Waals surface area contributed by atoms with Crippen molar-refractivity contribution < 1.29 is 14.3 Å². The van der Waals surface area contributed by atoms with E-state index in [2.05, 4.69) is 5.32 Å². The van der Waals surface area contributed by atoms with Crippen molar-refractivity contribution in [3.05, 3.63) is 29.8 Å². The van der Waals surface area contributed by atoms with Crippen LogP contribution in [0.1, 0.15) is 25.3 Å². The van der Waals surface area contributed by atoms with Crippen molar-refractivity contribution in [1.82, 2.24) is 4.90 Å². The summed E-state index contributed by atoms with van der Waals surface area (Å²) in [5.74, 6) is -0.324. The van der Waals surface area contributed by atoms with Gasteiger partial charge in [0.2, 0.25) is 5.91 Å². The summed E-state index contributed by atoms with van der Waals surface area (Å²) in [6.45, 7) is 2.18. The first-order valence-electron chi connectivity index (χ1n) is 7.49. The molecular formula is C16H20N2O3. The summed E-state index contributed by atoms with van der Waals surface area (Å²) in [6, 6.07) is 7.88. The molecule has 0 aromatic heterocycles. The Morgan fingerprint density at radius 1 is 1.33 bits per heavy atom. The number of benzene rings is 1. The van der Waals surface area contributed by atoms with Crippen molar-refractivity contribution >= 4 is 17.6 Å². The number of esters is 1. The van der Waals surface area contributed by atoms with Crippen LogP contribution in [0.4, 0.5) is 5.69 Å². The molecule has 0 radical (unpaired) electrons. The van der Waals surface area contributed by atoms with E-state index >= 15 is 0 Å². The van der Waals surface area contributed by atoms with Gasteiger partial charge in [0.25, 0.3) is 0 Å². The molecule has 1 heterocycles. The van der Waals surface area contributed by atoms with Gasteiger partial charge in [-0.3, -0.25) is 9.59 Å². The van der Waals surface area contributed by atoms with E-state index in [1.54, 1.807) is 11.8 Å².